The van der Waals surface area contributed by atoms with Gasteiger partial charge in [-0.1, -0.05) is 48.5 Å². The van der Waals surface area contributed by atoms with E-state index in [4.69, 9.17) is 5.11 Å². The van der Waals surface area contributed by atoms with Gasteiger partial charge in [0.2, 0.25) is 5.91 Å². The van der Waals surface area contributed by atoms with Gasteiger partial charge in [-0.15, -0.1) is 0 Å². The zero-order valence-electron chi connectivity index (χ0n) is 19.6. The predicted octanol–water partition coefficient (Wildman–Crippen LogP) is 3.64. The lowest BCUT2D eigenvalue weighted by atomic mass is 10.0. The number of anilines is 2. The summed E-state index contributed by atoms with van der Waals surface area (Å²) in [4.78, 5) is 49.7. The second-order valence-corrected chi connectivity index (χ2v) is 8.85. The van der Waals surface area contributed by atoms with Crippen LogP contribution < -0.4 is 16.0 Å². The number of carbonyl (C=O) groups is 4. The molecule has 3 aromatic rings. The van der Waals surface area contributed by atoms with Crippen LogP contribution in [0, 0.1) is 5.92 Å². The number of amides is 3. The minimum atomic E-state index is -1.08. The Bertz CT molecular complexity index is 1250. The molecule has 1 saturated carbocycles. The van der Waals surface area contributed by atoms with Crippen LogP contribution in [0.2, 0.25) is 0 Å². The molecule has 4 N–H and O–H groups in total. The smallest absolute Gasteiger partial charge is 0.335 e. The molecule has 0 saturated heterocycles. The van der Waals surface area contributed by atoms with Gasteiger partial charge in [-0.2, -0.15) is 0 Å². The van der Waals surface area contributed by atoms with Crippen LogP contribution in [0.3, 0.4) is 0 Å². The molecule has 3 amide bonds. The third-order valence-corrected chi connectivity index (χ3v) is 5.98. The monoisotopic (exact) mass is 485 g/mol. The lowest BCUT2D eigenvalue weighted by Crippen LogP contribution is -2.49. The van der Waals surface area contributed by atoms with E-state index in [1.165, 1.54) is 24.3 Å². The normalized spacial score (nSPS) is 13.3. The van der Waals surface area contributed by atoms with Gasteiger partial charge in [-0.25, -0.2) is 4.79 Å². The number of para-hydroxylation sites is 1. The molecular formula is C28H27N3O5. The van der Waals surface area contributed by atoms with Crippen molar-refractivity contribution in [2.75, 3.05) is 10.6 Å². The number of carboxylic acid groups (broad SMARTS) is 1. The quantitative estimate of drug-likeness (QED) is 0.345. The summed E-state index contributed by atoms with van der Waals surface area (Å²) in [5.74, 6) is -2.77. The van der Waals surface area contributed by atoms with E-state index in [1.807, 2.05) is 42.5 Å². The van der Waals surface area contributed by atoms with E-state index in [1.54, 1.807) is 12.1 Å². The van der Waals surface area contributed by atoms with E-state index in [0.29, 0.717) is 17.3 Å². The summed E-state index contributed by atoms with van der Waals surface area (Å²) in [6, 6.07) is 21.2. The Morgan fingerprint density at radius 1 is 0.806 bits per heavy atom. The number of rotatable bonds is 9. The molecule has 1 unspecified atom stereocenters. The molecule has 1 aliphatic rings. The average Bonchev–Trinajstić information content (AvgIpc) is 3.70. The number of nitrogens with one attached hydrogen (secondary N) is 3. The van der Waals surface area contributed by atoms with Gasteiger partial charge in [-0.3, -0.25) is 14.4 Å². The van der Waals surface area contributed by atoms with Crippen molar-refractivity contribution in [2.24, 2.45) is 5.92 Å². The third-order valence-electron chi connectivity index (χ3n) is 5.98. The molecule has 1 atom stereocenters. The van der Waals surface area contributed by atoms with Crippen molar-refractivity contribution in [3.63, 3.8) is 0 Å². The van der Waals surface area contributed by atoms with Gasteiger partial charge in [0.05, 0.1) is 5.56 Å². The molecule has 8 heteroatoms. The van der Waals surface area contributed by atoms with Crippen LogP contribution in [0.5, 0.6) is 0 Å². The highest BCUT2D eigenvalue weighted by atomic mass is 16.4. The van der Waals surface area contributed by atoms with Gasteiger partial charge < -0.3 is 21.1 Å². The molecule has 3 aromatic carbocycles. The summed E-state index contributed by atoms with van der Waals surface area (Å²) >= 11 is 0. The van der Waals surface area contributed by atoms with E-state index in [9.17, 15) is 19.2 Å². The standard InChI is InChI=1S/C28H27N3O5/c32-25(29-22-14-12-20(13-15-22)28(35)36)24(17-18-6-2-1-3-7-18)31-27(34)26(33)30-23-9-5-4-8-21(23)16-19-10-11-19/h1-9,12-15,19,24H,10-11,16-17H2,(H,29,32)(H,30,33)(H,31,34)(H,35,36). The summed E-state index contributed by atoms with van der Waals surface area (Å²) in [5.41, 5.74) is 2.82. The first-order valence-corrected chi connectivity index (χ1v) is 11.8. The fourth-order valence-electron chi connectivity index (χ4n) is 3.84. The maximum atomic E-state index is 13.1. The molecule has 4 rings (SSSR count). The van der Waals surface area contributed by atoms with Crippen molar-refractivity contribution >= 4 is 35.1 Å². The van der Waals surface area contributed by atoms with Crippen molar-refractivity contribution in [2.45, 2.75) is 31.7 Å². The molecule has 0 spiro atoms. The van der Waals surface area contributed by atoms with E-state index in [2.05, 4.69) is 16.0 Å². The number of hydrogen-bond acceptors (Lipinski definition) is 4. The number of hydrogen-bond donors (Lipinski definition) is 4. The molecule has 0 aliphatic heterocycles. The fourth-order valence-corrected chi connectivity index (χ4v) is 3.84. The SMILES string of the molecule is O=C(Nc1ccccc1CC1CC1)C(=O)NC(Cc1ccccc1)C(=O)Nc1ccc(C(=O)O)cc1. The maximum absolute atomic E-state index is 13.1. The number of carbonyl (C=O) groups excluding carboxylic acids is 3. The van der Waals surface area contributed by atoms with E-state index in [0.717, 1.165) is 30.4 Å². The summed E-state index contributed by atoms with van der Waals surface area (Å²) in [5, 5.41) is 17.0. The minimum Gasteiger partial charge on any atom is -0.478 e. The van der Waals surface area contributed by atoms with E-state index >= 15 is 0 Å². The van der Waals surface area contributed by atoms with Crippen LogP contribution in [-0.2, 0) is 27.2 Å². The summed E-state index contributed by atoms with van der Waals surface area (Å²) < 4.78 is 0. The Hall–Kier alpha value is -4.46. The number of aromatic carboxylic acids is 1. The highest BCUT2D eigenvalue weighted by Gasteiger charge is 2.26. The summed E-state index contributed by atoms with van der Waals surface area (Å²) in [7, 11) is 0. The highest BCUT2D eigenvalue weighted by Crippen LogP contribution is 2.34. The molecule has 0 bridgehead atoms. The first-order valence-electron chi connectivity index (χ1n) is 11.8. The second-order valence-electron chi connectivity index (χ2n) is 8.85. The van der Waals surface area contributed by atoms with Crippen LogP contribution in [0.4, 0.5) is 11.4 Å². The second kappa shape index (κ2) is 11.3. The van der Waals surface area contributed by atoms with E-state index in [-0.39, 0.29) is 12.0 Å². The summed E-state index contributed by atoms with van der Waals surface area (Å²) in [6.07, 6.45) is 3.34. The maximum Gasteiger partial charge on any atom is 0.335 e. The van der Waals surface area contributed by atoms with Crippen molar-refractivity contribution < 1.29 is 24.3 Å². The highest BCUT2D eigenvalue weighted by molar-refractivity contribution is 6.40. The first kappa shape index (κ1) is 24.7. The minimum absolute atomic E-state index is 0.0841. The molecule has 1 aliphatic carbocycles. The molecule has 36 heavy (non-hydrogen) atoms. The zero-order valence-corrected chi connectivity index (χ0v) is 19.6. The Morgan fingerprint density at radius 3 is 2.14 bits per heavy atom. The Morgan fingerprint density at radius 2 is 1.47 bits per heavy atom. The van der Waals surface area contributed by atoms with Gasteiger partial charge in [0, 0.05) is 17.8 Å². The molecule has 184 valence electrons. The van der Waals surface area contributed by atoms with Gasteiger partial charge in [-0.05, 0) is 66.6 Å². The van der Waals surface area contributed by atoms with Gasteiger partial charge in [0.25, 0.3) is 0 Å². The largest absolute Gasteiger partial charge is 0.478 e. The predicted molar refractivity (Wildman–Crippen MR) is 136 cm³/mol. The van der Waals surface area contributed by atoms with Crippen molar-refractivity contribution in [1.82, 2.24) is 5.32 Å². The molecule has 0 heterocycles. The molecule has 8 nitrogen and oxygen atoms in total. The Kier molecular flexibility index (Phi) is 7.75. The topological polar surface area (TPSA) is 125 Å². The first-order chi connectivity index (χ1) is 17.4. The molecule has 1 fully saturated rings. The van der Waals surface area contributed by atoms with Crippen LogP contribution >= 0.6 is 0 Å². The van der Waals surface area contributed by atoms with Crippen LogP contribution in [0.1, 0.15) is 34.3 Å². The molecular weight excluding hydrogens is 458 g/mol. The van der Waals surface area contributed by atoms with Crippen molar-refractivity contribution in [3.8, 4) is 0 Å². The van der Waals surface area contributed by atoms with E-state index < -0.39 is 29.7 Å². The van der Waals surface area contributed by atoms with Gasteiger partial charge >= 0.3 is 17.8 Å². The Balaban J connectivity index is 1.45. The van der Waals surface area contributed by atoms with Crippen LogP contribution in [-0.4, -0.2) is 34.8 Å². The van der Waals surface area contributed by atoms with Crippen molar-refractivity contribution in [1.29, 1.82) is 0 Å². The van der Waals surface area contributed by atoms with Crippen LogP contribution in [0.25, 0.3) is 0 Å². The summed E-state index contributed by atoms with van der Waals surface area (Å²) in [6.45, 7) is 0. The molecule has 0 aromatic heterocycles. The van der Waals surface area contributed by atoms with Crippen LogP contribution in [0.15, 0.2) is 78.9 Å². The lowest BCUT2D eigenvalue weighted by Gasteiger charge is -2.19. The molecule has 0 radical (unpaired) electrons. The third kappa shape index (κ3) is 6.79. The van der Waals surface area contributed by atoms with Gasteiger partial charge in [0.15, 0.2) is 0 Å². The lowest BCUT2D eigenvalue weighted by molar-refractivity contribution is -0.137. The van der Waals surface area contributed by atoms with Crippen molar-refractivity contribution in [3.05, 3.63) is 95.6 Å². The van der Waals surface area contributed by atoms with Gasteiger partial charge in [0.1, 0.15) is 6.04 Å². The Labute approximate surface area is 208 Å². The number of carboxylic acids is 1. The zero-order chi connectivity index (χ0) is 25.5. The fraction of sp³-hybridized carbons (Fsp3) is 0.214. The average molecular weight is 486 g/mol. The number of benzene rings is 3.